The summed E-state index contributed by atoms with van der Waals surface area (Å²) in [5.74, 6) is 0. The Morgan fingerprint density at radius 1 is 1.40 bits per heavy atom. The molecule has 1 fully saturated rings. The topological polar surface area (TPSA) is 3.24 Å². The van der Waals surface area contributed by atoms with Crippen LogP contribution in [0.1, 0.15) is 37.4 Å². The number of likely N-dealkylation sites (tertiary alicyclic amines) is 1. The maximum atomic E-state index is 2.64. The molecule has 1 aromatic carbocycles. The van der Waals surface area contributed by atoms with Gasteiger partial charge in [-0.15, -0.1) is 0 Å². The van der Waals surface area contributed by atoms with Gasteiger partial charge >= 0.3 is 0 Å². The van der Waals surface area contributed by atoms with Gasteiger partial charge in [-0.05, 0) is 42.5 Å². The molecule has 0 amide bonds. The Morgan fingerprint density at radius 3 is 3.00 bits per heavy atom. The summed E-state index contributed by atoms with van der Waals surface area (Å²) >= 11 is 0. The average Bonchev–Trinajstić information content (AvgIpc) is 2.69. The van der Waals surface area contributed by atoms with Gasteiger partial charge in [-0.1, -0.05) is 38.1 Å². The minimum atomic E-state index is 0.514. The Labute approximate surface area is 92.1 Å². The first kappa shape index (κ1) is 9.41. The van der Waals surface area contributed by atoms with Crippen LogP contribution in [-0.4, -0.2) is 18.0 Å². The fraction of sp³-hybridized carbons (Fsp3) is 0.571. The van der Waals surface area contributed by atoms with Gasteiger partial charge in [0, 0.05) is 6.04 Å². The number of nitrogens with zero attached hydrogens (tertiary/aromatic N) is 1. The molecule has 1 heterocycles. The molecule has 0 bridgehead atoms. The first-order valence-electron chi connectivity index (χ1n) is 6.06. The maximum Gasteiger partial charge on any atom is 0.0408 e. The minimum absolute atomic E-state index is 0.514. The van der Waals surface area contributed by atoms with E-state index in [0.29, 0.717) is 11.5 Å². The number of benzene rings is 1. The third kappa shape index (κ3) is 1.19. The van der Waals surface area contributed by atoms with Crippen LogP contribution in [0.4, 0.5) is 0 Å². The Balaban J connectivity index is 2.08. The second-order valence-corrected chi connectivity index (χ2v) is 5.31. The molecule has 1 nitrogen and oxygen atoms in total. The van der Waals surface area contributed by atoms with Crippen molar-refractivity contribution in [1.82, 2.24) is 4.90 Å². The van der Waals surface area contributed by atoms with Gasteiger partial charge in [0.05, 0.1) is 0 Å². The summed E-state index contributed by atoms with van der Waals surface area (Å²) in [6, 6.07) is 9.71. The van der Waals surface area contributed by atoms with E-state index < -0.39 is 0 Å². The number of hydrogen-bond donors (Lipinski definition) is 0. The fourth-order valence-corrected chi connectivity index (χ4v) is 3.60. The highest BCUT2D eigenvalue weighted by Gasteiger charge is 2.48. The molecule has 0 aromatic heterocycles. The number of hydrogen-bond acceptors (Lipinski definition) is 1. The van der Waals surface area contributed by atoms with Crippen molar-refractivity contribution in [3.05, 3.63) is 35.4 Å². The van der Waals surface area contributed by atoms with Crippen molar-refractivity contribution in [3.8, 4) is 0 Å². The van der Waals surface area contributed by atoms with E-state index in [1.54, 1.807) is 11.1 Å². The molecule has 1 aromatic rings. The van der Waals surface area contributed by atoms with Crippen LogP contribution in [0.3, 0.4) is 0 Å². The Hall–Kier alpha value is -0.820. The quantitative estimate of drug-likeness (QED) is 0.675. The molecule has 3 rings (SSSR count). The summed E-state index contributed by atoms with van der Waals surface area (Å²) in [5, 5.41) is 0. The third-order valence-corrected chi connectivity index (χ3v) is 4.35. The van der Waals surface area contributed by atoms with E-state index in [1.165, 1.54) is 25.9 Å². The summed E-state index contributed by atoms with van der Waals surface area (Å²) in [6.07, 6.45) is 2.64. The largest absolute Gasteiger partial charge is 0.296 e. The van der Waals surface area contributed by atoms with Gasteiger partial charge in [0.2, 0.25) is 0 Å². The average molecular weight is 201 g/mol. The van der Waals surface area contributed by atoms with Crippen molar-refractivity contribution in [3.63, 3.8) is 0 Å². The molecule has 0 saturated carbocycles. The van der Waals surface area contributed by atoms with Gasteiger partial charge in [-0.2, -0.15) is 0 Å². The molecule has 80 valence electrons. The lowest BCUT2D eigenvalue weighted by atomic mass is 9.83. The minimum Gasteiger partial charge on any atom is -0.296 e. The molecule has 1 aliphatic heterocycles. The molecule has 0 radical (unpaired) electrons. The van der Waals surface area contributed by atoms with Crippen LogP contribution in [0, 0.1) is 5.41 Å². The van der Waals surface area contributed by atoms with Crippen molar-refractivity contribution in [1.29, 1.82) is 0 Å². The van der Waals surface area contributed by atoms with Crippen molar-refractivity contribution >= 4 is 0 Å². The predicted octanol–water partition coefficient (Wildman–Crippen LogP) is 3.02. The highest BCUT2D eigenvalue weighted by molar-refractivity contribution is 5.39. The summed E-state index contributed by atoms with van der Waals surface area (Å²) in [7, 11) is 0. The van der Waals surface area contributed by atoms with Crippen LogP contribution in [-0.2, 0) is 6.42 Å². The van der Waals surface area contributed by atoms with Crippen molar-refractivity contribution in [2.24, 2.45) is 5.41 Å². The zero-order chi connectivity index (χ0) is 10.5. The van der Waals surface area contributed by atoms with Gasteiger partial charge in [0.15, 0.2) is 0 Å². The fourth-order valence-electron chi connectivity index (χ4n) is 3.60. The van der Waals surface area contributed by atoms with E-state index in [9.17, 15) is 0 Å². The smallest absolute Gasteiger partial charge is 0.0408 e. The normalized spacial score (nSPS) is 34.1. The van der Waals surface area contributed by atoms with Crippen LogP contribution in [0.2, 0.25) is 0 Å². The monoisotopic (exact) mass is 201 g/mol. The molecule has 2 aliphatic rings. The second-order valence-electron chi connectivity index (χ2n) is 5.31. The van der Waals surface area contributed by atoms with Crippen molar-refractivity contribution in [2.75, 3.05) is 13.1 Å². The second kappa shape index (κ2) is 3.08. The van der Waals surface area contributed by atoms with Crippen molar-refractivity contribution < 1.29 is 0 Å². The van der Waals surface area contributed by atoms with E-state index in [1.807, 2.05) is 0 Å². The first-order valence-corrected chi connectivity index (χ1v) is 6.06. The molecule has 0 N–H and O–H groups in total. The van der Waals surface area contributed by atoms with Gasteiger partial charge in [-0.3, -0.25) is 4.90 Å². The Kier molecular flexibility index (Phi) is 1.93. The third-order valence-electron chi connectivity index (χ3n) is 4.35. The predicted molar refractivity (Wildman–Crippen MR) is 62.9 cm³/mol. The standard InChI is InChI=1S/C14H19N/c1-3-15-9-8-14(2)10-11-6-4-5-7-12(11)13(14)15/h4-7,13H,3,8-10H2,1-2H3/t13-,14+/m0/s1. The summed E-state index contributed by atoms with van der Waals surface area (Å²) in [6.45, 7) is 7.22. The zero-order valence-electron chi connectivity index (χ0n) is 9.66. The van der Waals surface area contributed by atoms with Crippen molar-refractivity contribution in [2.45, 2.75) is 32.7 Å². The molecule has 0 unspecified atom stereocenters. The van der Waals surface area contributed by atoms with Crippen LogP contribution in [0.5, 0.6) is 0 Å². The number of fused-ring (bicyclic) bond motifs is 3. The SMILES string of the molecule is CCN1CC[C@]2(C)Cc3ccccc3[C@H]12. The van der Waals surface area contributed by atoms with E-state index in [0.717, 1.165) is 0 Å². The molecule has 1 aliphatic carbocycles. The van der Waals surface area contributed by atoms with Crippen LogP contribution >= 0.6 is 0 Å². The maximum absolute atomic E-state index is 2.64. The van der Waals surface area contributed by atoms with Crippen LogP contribution in [0.15, 0.2) is 24.3 Å². The molecular formula is C14H19N. The first-order chi connectivity index (χ1) is 7.24. The van der Waals surface area contributed by atoms with E-state index in [4.69, 9.17) is 0 Å². The molecule has 15 heavy (non-hydrogen) atoms. The van der Waals surface area contributed by atoms with Gasteiger partial charge < -0.3 is 0 Å². The zero-order valence-corrected chi connectivity index (χ0v) is 9.66. The van der Waals surface area contributed by atoms with Crippen LogP contribution < -0.4 is 0 Å². The molecule has 1 heteroatoms. The summed E-state index contributed by atoms with van der Waals surface area (Å²) in [4.78, 5) is 2.64. The molecule has 2 atom stereocenters. The van der Waals surface area contributed by atoms with Gasteiger partial charge in [0.1, 0.15) is 0 Å². The molecular weight excluding hydrogens is 182 g/mol. The highest BCUT2D eigenvalue weighted by atomic mass is 15.2. The summed E-state index contributed by atoms with van der Waals surface area (Å²) < 4.78 is 0. The lowest BCUT2D eigenvalue weighted by Crippen LogP contribution is -2.27. The highest BCUT2D eigenvalue weighted by Crippen LogP contribution is 2.54. The van der Waals surface area contributed by atoms with Gasteiger partial charge in [-0.25, -0.2) is 0 Å². The van der Waals surface area contributed by atoms with E-state index >= 15 is 0 Å². The van der Waals surface area contributed by atoms with Gasteiger partial charge in [0.25, 0.3) is 0 Å². The van der Waals surface area contributed by atoms with Crippen LogP contribution in [0.25, 0.3) is 0 Å². The molecule has 1 saturated heterocycles. The Morgan fingerprint density at radius 2 is 2.20 bits per heavy atom. The lowest BCUT2D eigenvalue weighted by Gasteiger charge is -2.29. The van der Waals surface area contributed by atoms with E-state index in [-0.39, 0.29) is 0 Å². The summed E-state index contributed by atoms with van der Waals surface area (Å²) in [5.41, 5.74) is 3.70. The molecule has 0 spiro atoms. The number of rotatable bonds is 1. The Bertz CT molecular complexity index is 385. The lowest BCUT2D eigenvalue weighted by molar-refractivity contribution is 0.195. The van der Waals surface area contributed by atoms with E-state index in [2.05, 4.69) is 43.0 Å².